The molecule has 3 heteroatoms. The number of hydrogen-bond acceptors (Lipinski definition) is 2. The first-order valence-electron chi connectivity index (χ1n) is 5.60. The van der Waals surface area contributed by atoms with Gasteiger partial charge in [0.2, 0.25) is 0 Å². The Hall–Kier alpha value is -0.860. The highest BCUT2D eigenvalue weighted by Crippen LogP contribution is 2.12. The van der Waals surface area contributed by atoms with Crippen LogP contribution in [-0.4, -0.2) is 19.0 Å². The summed E-state index contributed by atoms with van der Waals surface area (Å²) in [4.78, 5) is 11.7. The Kier molecular flexibility index (Phi) is 6.12. The van der Waals surface area contributed by atoms with E-state index in [0.29, 0.717) is 23.6 Å². The molecular formula is C13H17ClO2. The Morgan fingerprint density at radius 3 is 2.88 bits per heavy atom. The summed E-state index contributed by atoms with van der Waals surface area (Å²) in [5, 5.41) is 0.595. The average Bonchev–Trinajstić information content (AvgIpc) is 2.28. The van der Waals surface area contributed by atoms with Crippen molar-refractivity contribution in [1.82, 2.24) is 0 Å². The molecule has 0 N–H and O–H groups in total. The molecule has 1 rings (SSSR count). The van der Waals surface area contributed by atoms with E-state index in [1.54, 1.807) is 24.3 Å². The predicted molar refractivity (Wildman–Crippen MR) is 66.1 cm³/mol. The smallest absolute Gasteiger partial charge is 0.165 e. The Labute approximate surface area is 102 Å². The summed E-state index contributed by atoms with van der Waals surface area (Å²) < 4.78 is 5.34. The van der Waals surface area contributed by atoms with Crippen LogP contribution in [0.25, 0.3) is 0 Å². The number of ketones is 1. The maximum Gasteiger partial charge on any atom is 0.165 e. The van der Waals surface area contributed by atoms with Gasteiger partial charge in [-0.2, -0.15) is 0 Å². The number of carbonyl (C=O) groups excluding carboxylic acids is 1. The third-order valence-electron chi connectivity index (χ3n) is 2.26. The average molecular weight is 241 g/mol. The van der Waals surface area contributed by atoms with Gasteiger partial charge in [0, 0.05) is 23.6 Å². The molecule has 88 valence electrons. The molecule has 0 aliphatic carbocycles. The second-order valence-electron chi connectivity index (χ2n) is 3.65. The lowest BCUT2D eigenvalue weighted by Crippen LogP contribution is -2.05. The van der Waals surface area contributed by atoms with E-state index >= 15 is 0 Å². The highest BCUT2D eigenvalue weighted by atomic mass is 35.5. The van der Waals surface area contributed by atoms with E-state index in [1.807, 2.05) is 0 Å². The van der Waals surface area contributed by atoms with E-state index in [1.165, 1.54) is 0 Å². The second kappa shape index (κ2) is 7.42. The van der Waals surface area contributed by atoms with Crippen LogP contribution >= 0.6 is 11.6 Å². The van der Waals surface area contributed by atoms with E-state index < -0.39 is 0 Å². The van der Waals surface area contributed by atoms with Gasteiger partial charge in [0.1, 0.15) is 0 Å². The van der Waals surface area contributed by atoms with Gasteiger partial charge in [-0.15, -0.1) is 0 Å². The molecule has 0 saturated heterocycles. The lowest BCUT2D eigenvalue weighted by Gasteiger charge is -2.03. The molecule has 0 saturated carbocycles. The molecule has 0 amide bonds. The second-order valence-corrected chi connectivity index (χ2v) is 4.09. The van der Waals surface area contributed by atoms with Crippen LogP contribution in [0.3, 0.4) is 0 Å². The maximum absolute atomic E-state index is 11.7. The fraction of sp³-hybridized carbons (Fsp3) is 0.462. The van der Waals surface area contributed by atoms with Crippen LogP contribution in [0, 0.1) is 0 Å². The summed E-state index contributed by atoms with van der Waals surface area (Å²) in [7, 11) is 0. The Morgan fingerprint density at radius 2 is 2.19 bits per heavy atom. The zero-order valence-electron chi connectivity index (χ0n) is 9.54. The number of carbonyl (C=O) groups is 1. The number of hydrogen-bond donors (Lipinski definition) is 0. The van der Waals surface area contributed by atoms with E-state index in [2.05, 4.69) is 6.92 Å². The number of Topliss-reactive ketones (excluding diaryl/α,β-unsaturated/α-hetero) is 1. The van der Waals surface area contributed by atoms with Gasteiger partial charge < -0.3 is 4.74 Å². The Morgan fingerprint density at radius 1 is 1.38 bits per heavy atom. The lowest BCUT2D eigenvalue weighted by atomic mass is 10.1. The van der Waals surface area contributed by atoms with Crippen molar-refractivity contribution < 1.29 is 9.53 Å². The zero-order chi connectivity index (χ0) is 11.8. The van der Waals surface area contributed by atoms with Crippen molar-refractivity contribution in [3.05, 3.63) is 34.9 Å². The molecule has 0 aromatic heterocycles. The zero-order valence-corrected chi connectivity index (χ0v) is 10.3. The van der Waals surface area contributed by atoms with Crippen LogP contribution in [0.2, 0.25) is 5.02 Å². The summed E-state index contributed by atoms with van der Waals surface area (Å²) >= 11 is 5.81. The Bertz CT molecular complexity index is 336. The summed E-state index contributed by atoms with van der Waals surface area (Å²) in [6.07, 6.45) is 2.58. The van der Waals surface area contributed by atoms with Crippen molar-refractivity contribution in [1.29, 1.82) is 0 Å². The molecule has 0 atom stereocenters. The van der Waals surface area contributed by atoms with Gasteiger partial charge in [-0.1, -0.05) is 37.1 Å². The van der Waals surface area contributed by atoms with Crippen LogP contribution in [0.1, 0.15) is 36.5 Å². The van der Waals surface area contributed by atoms with Crippen LogP contribution in [-0.2, 0) is 4.74 Å². The first-order chi connectivity index (χ1) is 7.74. The van der Waals surface area contributed by atoms with Crippen molar-refractivity contribution >= 4 is 17.4 Å². The molecule has 0 radical (unpaired) electrons. The minimum atomic E-state index is 0.0824. The van der Waals surface area contributed by atoms with Gasteiger partial charge in [0.25, 0.3) is 0 Å². The van der Waals surface area contributed by atoms with E-state index in [4.69, 9.17) is 16.3 Å². The topological polar surface area (TPSA) is 26.3 Å². The van der Waals surface area contributed by atoms with E-state index in [0.717, 1.165) is 19.4 Å². The minimum Gasteiger partial charge on any atom is -0.381 e. The first kappa shape index (κ1) is 13.2. The van der Waals surface area contributed by atoms with Crippen molar-refractivity contribution in [2.45, 2.75) is 26.2 Å². The first-order valence-corrected chi connectivity index (χ1v) is 5.98. The van der Waals surface area contributed by atoms with E-state index in [-0.39, 0.29) is 5.78 Å². The molecule has 0 fully saturated rings. The SMILES string of the molecule is CCCCOCCC(=O)c1cccc(Cl)c1. The molecule has 16 heavy (non-hydrogen) atoms. The molecule has 0 spiro atoms. The number of halogens is 1. The fourth-order valence-electron chi connectivity index (χ4n) is 1.32. The third kappa shape index (κ3) is 4.77. The van der Waals surface area contributed by atoms with Crippen molar-refractivity contribution in [2.75, 3.05) is 13.2 Å². The summed E-state index contributed by atoms with van der Waals surface area (Å²) in [5.74, 6) is 0.0824. The van der Waals surface area contributed by atoms with Gasteiger partial charge in [-0.25, -0.2) is 0 Å². The number of ether oxygens (including phenoxy) is 1. The largest absolute Gasteiger partial charge is 0.381 e. The molecular weight excluding hydrogens is 224 g/mol. The molecule has 0 unspecified atom stereocenters. The van der Waals surface area contributed by atoms with Crippen molar-refractivity contribution in [2.24, 2.45) is 0 Å². The number of benzene rings is 1. The van der Waals surface area contributed by atoms with Crippen LogP contribution in [0.5, 0.6) is 0 Å². The number of unbranched alkanes of at least 4 members (excludes halogenated alkanes) is 1. The highest BCUT2D eigenvalue weighted by Gasteiger charge is 2.05. The fourth-order valence-corrected chi connectivity index (χ4v) is 1.51. The monoisotopic (exact) mass is 240 g/mol. The molecule has 1 aromatic carbocycles. The molecule has 0 aliphatic rings. The molecule has 0 heterocycles. The van der Waals surface area contributed by atoms with Gasteiger partial charge in [0.05, 0.1) is 6.61 Å². The lowest BCUT2D eigenvalue weighted by molar-refractivity contribution is 0.0873. The van der Waals surface area contributed by atoms with Crippen molar-refractivity contribution in [3.8, 4) is 0 Å². The predicted octanol–water partition coefficient (Wildman–Crippen LogP) is 3.73. The molecule has 0 bridgehead atoms. The summed E-state index contributed by atoms with van der Waals surface area (Å²) in [6.45, 7) is 3.34. The van der Waals surface area contributed by atoms with Gasteiger partial charge in [-0.05, 0) is 18.6 Å². The standard InChI is InChI=1S/C13H17ClO2/c1-2-3-8-16-9-7-13(15)11-5-4-6-12(14)10-11/h4-6,10H,2-3,7-9H2,1H3. The van der Waals surface area contributed by atoms with E-state index in [9.17, 15) is 4.79 Å². The maximum atomic E-state index is 11.7. The van der Waals surface area contributed by atoms with Crippen LogP contribution < -0.4 is 0 Å². The number of rotatable bonds is 7. The molecule has 0 aliphatic heterocycles. The quantitative estimate of drug-likeness (QED) is 0.536. The Balaban J connectivity index is 2.30. The van der Waals surface area contributed by atoms with Gasteiger partial charge in [-0.3, -0.25) is 4.79 Å². The highest BCUT2D eigenvalue weighted by molar-refractivity contribution is 6.31. The summed E-state index contributed by atoms with van der Waals surface area (Å²) in [5.41, 5.74) is 0.659. The van der Waals surface area contributed by atoms with Crippen LogP contribution in [0.15, 0.2) is 24.3 Å². The van der Waals surface area contributed by atoms with Crippen molar-refractivity contribution in [3.63, 3.8) is 0 Å². The van der Waals surface area contributed by atoms with Crippen LogP contribution in [0.4, 0.5) is 0 Å². The molecule has 2 nitrogen and oxygen atoms in total. The molecule has 1 aromatic rings. The minimum absolute atomic E-state index is 0.0824. The normalized spacial score (nSPS) is 10.4. The third-order valence-corrected chi connectivity index (χ3v) is 2.50. The van der Waals surface area contributed by atoms with Gasteiger partial charge >= 0.3 is 0 Å². The van der Waals surface area contributed by atoms with Gasteiger partial charge in [0.15, 0.2) is 5.78 Å². The summed E-state index contributed by atoms with van der Waals surface area (Å²) in [6, 6.07) is 7.01.